The molecule has 10 heteroatoms. The Labute approximate surface area is 216 Å². The molecule has 9 nitrogen and oxygen atoms in total. The predicted octanol–water partition coefficient (Wildman–Crippen LogP) is 5.75. The van der Waals surface area contributed by atoms with E-state index in [2.05, 4.69) is 35.5 Å². The number of pyridine rings is 3. The molecule has 6 rings (SSSR count). The van der Waals surface area contributed by atoms with Crippen molar-refractivity contribution in [2.45, 2.75) is 20.3 Å². The monoisotopic (exact) mass is 506 g/mol. The van der Waals surface area contributed by atoms with Crippen LogP contribution in [0.25, 0.3) is 55.8 Å². The zero-order chi connectivity index (χ0) is 26.2. The molecule has 0 atom stereocenters. The molecule has 5 heterocycles. The number of nitrogens with one attached hydrogen (secondary N) is 3. The number of fused-ring (bicyclic) bond motifs is 2. The second-order valence-corrected chi connectivity index (χ2v) is 9.44. The molecule has 0 aliphatic rings. The summed E-state index contributed by atoms with van der Waals surface area (Å²) >= 11 is 0. The van der Waals surface area contributed by atoms with Crippen LogP contribution in [0.3, 0.4) is 0 Å². The van der Waals surface area contributed by atoms with Gasteiger partial charge in [0.25, 0.3) is 0 Å². The number of hydrogen-bond acceptors (Lipinski definition) is 6. The molecule has 0 saturated carbocycles. The largest absolute Gasteiger partial charge is 0.336 e. The Bertz CT molecular complexity index is 1790. The first-order valence-electron chi connectivity index (χ1n) is 12.1. The lowest BCUT2D eigenvalue weighted by Crippen LogP contribution is -2.14. The molecule has 3 N–H and O–H groups in total. The average molecular weight is 507 g/mol. The van der Waals surface area contributed by atoms with Gasteiger partial charge in [0.15, 0.2) is 5.82 Å². The standard InChI is InChI=1S/C28H23FN8O/c1-15(2)9-24(38)33-18-10-17(13-31-14-18)19-11-20-23(12-21(19)29)36-37-26(20)28-34-22-5-8-32-25(27(22)35-28)16-3-6-30-7-4-16/h3-8,10-15H,9H2,1-2H3,(H,33,38)(H,34,35)(H,36,37). The van der Waals surface area contributed by atoms with Crippen LogP contribution in [0, 0.1) is 11.7 Å². The van der Waals surface area contributed by atoms with Gasteiger partial charge in [0.1, 0.15) is 17.0 Å². The number of rotatable bonds is 6. The second-order valence-electron chi connectivity index (χ2n) is 9.44. The highest BCUT2D eigenvalue weighted by Gasteiger charge is 2.18. The van der Waals surface area contributed by atoms with Gasteiger partial charge in [-0.1, -0.05) is 13.8 Å². The smallest absolute Gasteiger partial charge is 0.224 e. The van der Waals surface area contributed by atoms with Crippen molar-refractivity contribution in [2.24, 2.45) is 5.92 Å². The number of aromatic amines is 2. The highest BCUT2D eigenvalue weighted by Crippen LogP contribution is 2.34. The van der Waals surface area contributed by atoms with Gasteiger partial charge < -0.3 is 10.3 Å². The molecule has 0 radical (unpaired) electrons. The van der Waals surface area contributed by atoms with Gasteiger partial charge in [0.05, 0.1) is 28.6 Å². The van der Waals surface area contributed by atoms with Crippen LogP contribution in [0.1, 0.15) is 20.3 Å². The third kappa shape index (κ3) is 4.36. The molecule has 0 aliphatic heterocycles. The maximum Gasteiger partial charge on any atom is 0.224 e. The van der Waals surface area contributed by atoms with Crippen LogP contribution < -0.4 is 5.32 Å². The third-order valence-electron chi connectivity index (χ3n) is 6.16. The number of carbonyl (C=O) groups excluding carboxylic acids is 1. The Balaban J connectivity index is 1.41. The summed E-state index contributed by atoms with van der Waals surface area (Å²) in [6.07, 6.45) is 8.63. The van der Waals surface area contributed by atoms with Crippen molar-refractivity contribution in [2.75, 3.05) is 5.32 Å². The van der Waals surface area contributed by atoms with Crippen LogP contribution in [0.15, 0.2) is 67.4 Å². The molecule has 0 fully saturated rings. The number of imidazole rings is 1. The van der Waals surface area contributed by atoms with Crippen LogP contribution in [0.4, 0.5) is 10.1 Å². The lowest BCUT2D eigenvalue weighted by atomic mass is 10.0. The molecule has 38 heavy (non-hydrogen) atoms. The Morgan fingerprint density at radius 2 is 1.82 bits per heavy atom. The van der Waals surface area contributed by atoms with Crippen LogP contribution in [-0.2, 0) is 4.79 Å². The summed E-state index contributed by atoms with van der Waals surface area (Å²) in [5, 5.41) is 10.9. The molecular formula is C28H23FN8O. The van der Waals surface area contributed by atoms with Gasteiger partial charge in [0.2, 0.25) is 5.91 Å². The molecular weight excluding hydrogens is 483 g/mol. The molecule has 0 aliphatic carbocycles. The van der Waals surface area contributed by atoms with E-state index >= 15 is 4.39 Å². The molecule has 1 amide bonds. The van der Waals surface area contributed by atoms with Crippen LogP contribution in [-0.4, -0.2) is 41.0 Å². The van der Waals surface area contributed by atoms with Gasteiger partial charge in [-0.2, -0.15) is 5.10 Å². The SMILES string of the molecule is CC(C)CC(=O)Nc1cncc(-c2cc3c(-c4nc5c(-c6ccncc6)nccc5[nH]4)n[nH]c3cc2F)c1. The molecule has 188 valence electrons. The van der Waals surface area contributed by atoms with Crippen LogP contribution in [0.5, 0.6) is 0 Å². The highest BCUT2D eigenvalue weighted by atomic mass is 19.1. The number of anilines is 1. The van der Waals surface area contributed by atoms with Crippen molar-refractivity contribution in [3.63, 3.8) is 0 Å². The lowest BCUT2D eigenvalue weighted by molar-refractivity contribution is -0.116. The number of amides is 1. The summed E-state index contributed by atoms with van der Waals surface area (Å²) in [6, 6.07) is 10.4. The minimum atomic E-state index is -0.436. The molecule has 0 saturated heterocycles. The summed E-state index contributed by atoms with van der Waals surface area (Å²) < 4.78 is 15.2. The number of carbonyl (C=O) groups is 1. The number of nitrogens with zero attached hydrogens (tertiary/aromatic N) is 5. The van der Waals surface area contributed by atoms with E-state index in [1.165, 1.54) is 6.07 Å². The van der Waals surface area contributed by atoms with Crippen molar-refractivity contribution < 1.29 is 9.18 Å². The van der Waals surface area contributed by atoms with Crippen molar-refractivity contribution >= 4 is 33.5 Å². The number of benzene rings is 1. The van der Waals surface area contributed by atoms with E-state index in [1.54, 1.807) is 43.1 Å². The number of hydrogen-bond donors (Lipinski definition) is 3. The normalized spacial score (nSPS) is 11.5. The summed E-state index contributed by atoms with van der Waals surface area (Å²) in [5.74, 6) is 0.201. The van der Waals surface area contributed by atoms with Gasteiger partial charge in [-0.25, -0.2) is 9.37 Å². The summed E-state index contributed by atoms with van der Waals surface area (Å²) in [5.41, 5.74) is 5.57. The van der Waals surface area contributed by atoms with Gasteiger partial charge in [-0.15, -0.1) is 0 Å². The van der Waals surface area contributed by atoms with Crippen LogP contribution >= 0.6 is 0 Å². The van der Waals surface area contributed by atoms with E-state index in [1.807, 2.05) is 32.0 Å². The maximum atomic E-state index is 15.2. The van der Waals surface area contributed by atoms with E-state index in [0.717, 1.165) is 16.8 Å². The fourth-order valence-electron chi connectivity index (χ4n) is 4.45. The van der Waals surface area contributed by atoms with Crippen molar-refractivity contribution in [1.82, 2.24) is 35.1 Å². The molecule has 0 unspecified atom stereocenters. The first-order valence-corrected chi connectivity index (χ1v) is 12.1. The van der Waals surface area contributed by atoms with Gasteiger partial charge in [-0.3, -0.25) is 24.8 Å². The second kappa shape index (κ2) is 9.47. The molecule has 6 aromatic rings. The minimum absolute atomic E-state index is 0.113. The molecule has 1 aromatic carbocycles. The van der Waals surface area contributed by atoms with E-state index in [0.29, 0.717) is 51.2 Å². The van der Waals surface area contributed by atoms with Crippen molar-refractivity contribution in [1.29, 1.82) is 0 Å². The molecule has 0 spiro atoms. The fraction of sp³-hybridized carbons (Fsp3) is 0.143. The Morgan fingerprint density at radius 1 is 0.974 bits per heavy atom. The predicted molar refractivity (Wildman–Crippen MR) is 143 cm³/mol. The van der Waals surface area contributed by atoms with Gasteiger partial charge >= 0.3 is 0 Å². The number of halogens is 1. The van der Waals surface area contributed by atoms with Crippen molar-refractivity contribution in [3.05, 3.63) is 73.2 Å². The third-order valence-corrected chi connectivity index (χ3v) is 6.16. The minimum Gasteiger partial charge on any atom is -0.336 e. The van der Waals surface area contributed by atoms with E-state index in [-0.39, 0.29) is 11.8 Å². The molecule has 0 bridgehead atoms. The Morgan fingerprint density at radius 3 is 2.63 bits per heavy atom. The highest BCUT2D eigenvalue weighted by molar-refractivity contribution is 5.98. The first kappa shape index (κ1) is 23.4. The quantitative estimate of drug-likeness (QED) is 0.264. The zero-order valence-corrected chi connectivity index (χ0v) is 20.7. The Hall–Kier alpha value is -4.99. The summed E-state index contributed by atoms with van der Waals surface area (Å²) in [7, 11) is 0. The number of aromatic nitrogens is 7. The molecule has 5 aromatic heterocycles. The maximum absolute atomic E-state index is 15.2. The average Bonchev–Trinajstić information content (AvgIpc) is 3.52. The van der Waals surface area contributed by atoms with Gasteiger partial charge in [0, 0.05) is 59.4 Å². The van der Waals surface area contributed by atoms with E-state index in [4.69, 9.17) is 4.98 Å². The van der Waals surface area contributed by atoms with E-state index < -0.39 is 5.82 Å². The summed E-state index contributed by atoms with van der Waals surface area (Å²) in [6.45, 7) is 3.94. The fourth-order valence-corrected chi connectivity index (χ4v) is 4.45. The van der Waals surface area contributed by atoms with E-state index in [9.17, 15) is 4.79 Å². The van der Waals surface area contributed by atoms with Crippen LogP contribution in [0.2, 0.25) is 0 Å². The Kier molecular flexibility index (Phi) is 5.83. The topological polar surface area (TPSA) is 125 Å². The van der Waals surface area contributed by atoms with Crippen molar-refractivity contribution in [3.8, 4) is 33.9 Å². The van der Waals surface area contributed by atoms with Gasteiger partial charge in [-0.05, 0) is 36.2 Å². The lowest BCUT2D eigenvalue weighted by Gasteiger charge is -2.09. The zero-order valence-electron chi connectivity index (χ0n) is 20.7. The first-order chi connectivity index (χ1) is 18.5. The summed E-state index contributed by atoms with van der Waals surface area (Å²) in [4.78, 5) is 33.2. The number of H-pyrrole nitrogens is 2.